The van der Waals surface area contributed by atoms with Gasteiger partial charge in [0, 0.05) is 32.1 Å². The molecule has 150 valence electrons. The van der Waals surface area contributed by atoms with E-state index in [4.69, 9.17) is 4.52 Å². The van der Waals surface area contributed by atoms with Crippen LogP contribution in [-0.2, 0) is 17.6 Å². The summed E-state index contributed by atoms with van der Waals surface area (Å²) in [5, 5.41) is 3.98. The van der Waals surface area contributed by atoms with Crippen molar-refractivity contribution in [1.82, 2.24) is 20.0 Å². The molecule has 1 atom stereocenters. The Labute approximate surface area is 171 Å². The summed E-state index contributed by atoms with van der Waals surface area (Å²) in [6.45, 7) is 1.73. The maximum absolute atomic E-state index is 12.7. The van der Waals surface area contributed by atoms with Gasteiger partial charge in [-0.2, -0.15) is 4.98 Å². The smallest absolute Gasteiger partial charge is 0.227 e. The molecule has 6 heteroatoms. The summed E-state index contributed by atoms with van der Waals surface area (Å²) in [5.41, 5.74) is 2.04. The van der Waals surface area contributed by atoms with E-state index in [9.17, 15) is 4.79 Å². The van der Waals surface area contributed by atoms with Gasteiger partial charge in [-0.3, -0.25) is 9.78 Å². The zero-order chi connectivity index (χ0) is 19.9. The number of rotatable bonds is 7. The molecule has 2 aromatic heterocycles. The van der Waals surface area contributed by atoms with Gasteiger partial charge in [-0.25, -0.2) is 0 Å². The van der Waals surface area contributed by atoms with Crippen LogP contribution in [0, 0.1) is 5.92 Å². The summed E-state index contributed by atoms with van der Waals surface area (Å²) < 4.78 is 5.30. The van der Waals surface area contributed by atoms with Gasteiger partial charge in [0.25, 0.3) is 0 Å². The van der Waals surface area contributed by atoms with Crippen LogP contribution in [0.2, 0.25) is 0 Å². The first kappa shape index (κ1) is 19.3. The zero-order valence-electron chi connectivity index (χ0n) is 16.5. The van der Waals surface area contributed by atoms with Crippen LogP contribution in [0.1, 0.15) is 37.1 Å². The number of likely N-dealkylation sites (tertiary alicyclic amines) is 1. The van der Waals surface area contributed by atoms with Crippen LogP contribution in [0.25, 0.3) is 11.5 Å². The van der Waals surface area contributed by atoms with Gasteiger partial charge in [0.15, 0.2) is 0 Å². The van der Waals surface area contributed by atoms with Crippen molar-refractivity contribution in [1.29, 1.82) is 0 Å². The molecular formula is C23H26N4O2. The summed E-state index contributed by atoms with van der Waals surface area (Å²) in [5.74, 6) is 1.82. The number of hydrogen-bond donors (Lipinski definition) is 0. The van der Waals surface area contributed by atoms with E-state index in [-0.39, 0.29) is 5.91 Å². The van der Waals surface area contributed by atoms with E-state index in [0.717, 1.165) is 25.9 Å². The number of pyridine rings is 1. The molecule has 1 aromatic carbocycles. The van der Waals surface area contributed by atoms with E-state index in [1.807, 2.05) is 29.2 Å². The van der Waals surface area contributed by atoms with Gasteiger partial charge in [-0.05, 0) is 49.3 Å². The first-order valence-electron chi connectivity index (χ1n) is 10.3. The molecule has 1 fully saturated rings. The Morgan fingerprint density at radius 1 is 1.14 bits per heavy atom. The molecule has 0 bridgehead atoms. The Morgan fingerprint density at radius 3 is 2.83 bits per heavy atom. The van der Waals surface area contributed by atoms with Crippen molar-refractivity contribution in [3.63, 3.8) is 0 Å². The maximum atomic E-state index is 12.7. The van der Waals surface area contributed by atoms with Gasteiger partial charge >= 0.3 is 0 Å². The Hall–Kier alpha value is -3.02. The Kier molecular flexibility index (Phi) is 6.29. The number of aryl methyl sites for hydroxylation is 1. The lowest BCUT2D eigenvalue weighted by Gasteiger charge is -2.33. The number of hydrogen-bond acceptors (Lipinski definition) is 5. The quantitative estimate of drug-likeness (QED) is 0.611. The summed E-state index contributed by atoms with van der Waals surface area (Å²) >= 11 is 0. The predicted octanol–water partition coefficient (Wildman–Crippen LogP) is 3.94. The van der Waals surface area contributed by atoms with Gasteiger partial charge in [0.2, 0.25) is 17.6 Å². The van der Waals surface area contributed by atoms with Gasteiger partial charge in [-0.1, -0.05) is 41.6 Å². The molecule has 4 rings (SSSR count). The van der Waals surface area contributed by atoms with Gasteiger partial charge in [0.05, 0.1) is 0 Å². The molecule has 0 spiro atoms. The molecule has 3 aromatic rings. The van der Waals surface area contributed by atoms with Crippen LogP contribution in [0.3, 0.4) is 0 Å². The third-order valence-electron chi connectivity index (χ3n) is 5.38. The molecule has 1 aliphatic heterocycles. The van der Waals surface area contributed by atoms with Crippen molar-refractivity contribution in [3.05, 3.63) is 66.2 Å². The van der Waals surface area contributed by atoms with E-state index in [1.165, 1.54) is 12.0 Å². The van der Waals surface area contributed by atoms with E-state index in [0.29, 0.717) is 42.6 Å². The van der Waals surface area contributed by atoms with Crippen LogP contribution in [-0.4, -0.2) is 39.0 Å². The minimum atomic E-state index is 0.229. The molecule has 29 heavy (non-hydrogen) atoms. The normalized spacial score (nSPS) is 16.7. The zero-order valence-corrected chi connectivity index (χ0v) is 16.5. The van der Waals surface area contributed by atoms with Crippen molar-refractivity contribution in [2.75, 3.05) is 13.1 Å². The van der Waals surface area contributed by atoms with Crippen LogP contribution in [0.15, 0.2) is 59.3 Å². The van der Waals surface area contributed by atoms with E-state index in [1.54, 1.807) is 6.20 Å². The predicted molar refractivity (Wildman–Crippen MR) is 110 cm³/mol. The fourth-order valence-electron chi connectivity index (χ4n) is 3.91. The fraction of sp³-hybridized carbons (Fsp3) is 0.391. The highest BCUT2D eigenvalue weighted by atomic mass is 16.5. The van der Waals surface area contributed by atoms with Gasteiger partial charge in [-0.15, -0.1) is 0 Å². The molecule has 1 saturated heterocycles. The second kappa shape index (κ2) is 9.45. The number of benzene rings is 1. The lowest BCUT2D eigenvalue weighted by Crippen LogP contribution is -2.40. The summed E-state index contributed by atoms with van der Waals surface area (Å²) in [6.07, 6.45) is 6.85. The molecule has 0 N–H and O–H groups in total. The van der Waals surface area contributed by atoms with Crippen molar-refractivity contribution in [2.45, 2.75) is 38.5 Å². The van der Waals surface area contributed by atoms with Crippen molar-refractivity contribution in [3.8, 4) is 11.5 Å². The molecular weight excluding hydrogens is 364 g/mol. The number of nitrogens with zero attached hydrogens (tertiary/aromatic N) is 4. The number of piperidine rings is 1. The number of carbonyl (C=O) groups excluding carboxylic acids is 1. The summed E-state index contributed by atoms with van der Waals surface area (Å²) in [7, 11) is 0. The van der Waals surface area contributed by atoms with Crippen LogP contribution in [0.4, 0.5) is 0 Å². The first-order chi connectivity index (χ1) is 14.3. The fourth-order valence-corrected chi connectivity index (χ4v) is 3.91. The highest BCUT2D eigenvalue weighted by Crippen LogP contribution is 2.22. The van der Waals surface area contributed by atoms with E-state index in [2.05, 4.69) is 39.4 Å². The lowest BCUT2D eigenvalue weighted by molar-refractivity contribution is -0.133. The molecule has 0 radical (unpaired) electrons. The monoisotopic (exact) mass is 390 g/mol. The largest absolute Gasteiger partial charge is 0.342 e. The first-order valence-corrected chi connectivity index (χ1v) is 10.3. The Bertz CT molecular complexity index is 911. The van der Waals surface area contributed by atoms with Crippen LogP contribution >= 0.6 is 0 Å². The average Bonchev–Trinajstić information content (AvgIpc) is 3.24. The molecule has 1 aliphatic rings. The standard InChI is InChI=1S/C23H26N4O2/c28-22(27-15-7-10-19(17-27)16-18-8-2-1-3-9-18)13-6-12-21-25-23(26-29-21)20-11-4-5-14-24-20/h1-5,8-9,11,14,19H,6-7,10,12-13,15-17H2/t19-/m1/s1. The van der Waals surface area contributed by atoms with E-state index < -0.39 is 0 Å². The summed E-state index contributed by atoms with van der Waals surface area (Å²) in [4.78, 5) is 23.3. The topological polar surface area (TPSA) is 72.1 Å². The number of aromatic nitrogens is 3. The summed E-state index contributed by atoms with van der Waals surface area (Å²) in [6, 6.07) is 16.1. The Balaban J connectivity index is 1.24. The highest BCUT2D eigenvalue weighted by molar-refractivity contribution is 5.76. The minimum Gasteiger partial charge on any atom is -0.342 e. The third-order valence-corrected chi connectivity index (χ3v) is 5.38. The second-order valence-electron chi connectivity index (χ2n) is 7.62. The van der Waals surface area contributed by atoms with E-state index >= 15 is 0 Å². The number of carbonyl (C=O) groups is 1. The molecule has 6 nitrogen and oxygen atoms in total. The van der Waals surface area contributed by atoms with Crippen LogP contribution < -0.4 is 0 Å². The average molecular weight is 390 g/mol. The van der Waals surface area contributed by atoms with Crippen molar-refractivity contribution in [2.24, 2.45) is 5.92 Å². The lowest BCUT2D eigenvalue weighted by atomic mass is 9.91. The number of amides is 1. The second-order valence-corrected chi connectivity index (χ2v) is 7.62. The molecule has 3 heterocycles. The van der Waals surface area contributed by atoms with Crippen molar-refractivity contribution < 1.29 is 9.32 Å². The van der Waals surface area contributed by atoms with Gasteiger partial charge in [0.1, 0.15) is 5.69 Å². The van der Waals surface area contributed by atoms with Crippen molar-refractivity contribution >= 4 is 5.91 Å². The van der Waals surface area contributed by atoms with Crippen LogP contribution in [0.5, 0.6) is 0 Å². The Morgan fingerprint density at radius 2 is 2.00 bits per heavy atom. The molecule has 0 unspecified atom stereocenters. The third kappa shape index (κ3) is 5.28. The van der Waals surface area contributed by atoms with Gasteiger partial charge < -0.3 is 9.42 Å². The SMILES string of the molecule is O=C(CCCc1nc(-c2ccccn2)no1)N1CCC[C@H](Cc2ccccc2)C1. The highest BCUT2D eigenvalue weighted by Gasteiger charge is 2.23. The molecule has 0 aliphatic carbocycles. The minimum absolute atomic E-state index is 0.229. The molecule has 0 saturated carbocycles. The molecule has 1 amide bonds. The maximum Gasteiger partial charge on any atom is 0.227 e.